The molecule has 176 valence electrons. The molecule has 1 spiro atoms. The molecule has 2 fully saturated rings. The van der Waals surface area contributed by atoms with Crippen LogP contribution in [0.4, 0.5) is 13.6 Å². The number of fused-ring (bicyclic) bond motifs is 5. The molecule has 5 rings (SSSR count). The number of alkyl halides is 1. The number of amides is 2. The molecule has 8 heteroatoms. The van der Waals surface area contributed by atoms with Gasteiger partial charge in [-0.15, -0.1) is 0 Å². The molecule has 3 atom stereocenters. The zero-order chi connectivity index (χ0) is 23.2. The topological polar surface area (TPSA) is 44.8 Å². The fourth-order valence-electron chi connectivity index (χ4n) is 5.17. The fraction of sp³-hybridized carbons (Fsp3) is 0.480. The Kier molecular flexibility index (Phi) is 5.99. The van der Waals surface area contributed by atoms with E-state index in [9.17, 15) is 9.18 Å². The van der Waals surface area contributed by atoms with E-state index in [1.54, 1.807) is 24.1 Å². The monoisotopic (exact) mass is 473 g/mol. The van der Waals surface area contributed by atoms with Crippen molar-refractivity contribution in [1.82, 2.24) is 14.5 Å². The maximum absolute atomic E-state index is 15.8. The van der Waals surface area contributed by atoms with Gasteiger partial charge in [-0.3, -0.25) is 4.72 Å². The molecule has 2 heterocycles. The van der Waals surface area contributed by atoms with Crippen LogP contribution in [-0.2, 0) is 6.42 Å². The lowest BCUT2D eigenvalue weighted by Crippen LogP contribution is -2.50. The summed E-state index contributed by atoms with van der Waals surface area (Å²) in [6.45, 7) is 2.81. The fourth-order valence-corrected chi connectivity index (χ4v) is 5.92. The number of carbonyl (C=O) groups is 1. The van der Waals surface area contributed by atoms with Gasteiger partial charge in [0.1, 0.15) is 18.2 Å². The summed E-state index contributed by atoms with van der Waals surface area (Å²) in [6, 6.07) is 12.4. The van der Waals surface area contributed by atoms with E-state index in [4.69, 9.17) is 4.74 Å². The summed E-state index contributed by atoms with van der Waals surface area (Å²) >= 11 is 1.05. The number of hydrogen-bond acceptors (Lipinski definition) is 4. The first kappa shape index (κ1) is 22.5. The van der Waals surface area contributed by atoms with E-state index in [0.717, 1.165) is 24.8 Å². The van der Waals surface area contributed by atoms with Crippen molar-refractivity contribution in [3.63, 3.8) is 0 Å². The van der Waals surface area contributed by atoms with Crippen LogP contribution in [0, 0.1) is 11.2 Å². The molecule has 1 N–H and O–H groups in total. The number of urea groups is 1. The van der Waals surface area contributed by atoms with E-state index in [1.165, 1.54) is 6.92 Å². The van der Waals surface area contributed by atoms with Crippen molar-refractivity contribution in [3.8, 4) is 16.9 Å². The van der Waals surface area contributed by atoms with Gasteiger partial charge in [0.2, 0.25) is 0 Å². The molecule has 33 heavy (non-hydrogen) atoms. The molecular weight excluding hydrogens is 444 g/mol. The minimum Gasteiger partial charge on any atom is -0.491 e. The molecule has 3 unspecified atom stereocenters. The summed E-state index contributed by atoms with van der Waals surface area (Å²) in [5.74, 6) is 0.300. The molecule has 5 nitrogen and oxygen atoms in total. The predicted molar refractivity (Wildman–Crippen MR) is 126 cm³/mol. The zero-order valence-electron chi connectivity index (χ0n) is 18.9. The average Bonchev–Trinajstić information content (AvgIpc) is 3.50. The number of carbonyl (C=O) groups excluding carboxylic acids is 1. The molecule has 1 aliphatic carbocycles. The Morgan fingerprint density at radius 2 is 1.94 bits per heavy atom. The summed E-state index contributed by atoms with van der Waals surface area (Å²) in [7, 11) is 1.77. The van der Waals surface area contributed by atoms with Crippen LogP contribution < -0.4 is 9.46 Å². The molecule has 2 bridgehead atoms. The predicted octanol–water partition coefficient (Wildman–Crippen LogP) is 4.87. The molecule has 3 aliphatic rings. The SMILES string of the molecule is CC(F)SNC1C2Cc3cccc(c3F)-c3ccccc3OCCN(C)C(=O)N2CC12CC2. The number of nitrogens with one attached hydrogen (secondary N) is 1. The molecule has 1 saturated carbocycles. The van der Waals surface area contributed by atoms with Gasteiger partial charge in [-0.2, -0.15) is 0 Å². The third-order valence-electron chi connectivity index (χ3n) is 7.12. The van der Waals surface area contributed by atoms with Crippen molar-refractivity contribution in [2.75, 3.05) is 26.7 Å². The van der Waals surface area contributed by atoms with Crippen LogP contribution in [0.2, 0.25) is 0 Å². The average molecular weight is 474 g/mol. The van der Waals surface area contributed by atoms with Crippen molar-refractivity contribution >= 4 is 18.0 Å². The molecule has 1 saturated heterocycles. The first-order valence-electron chi connectivity index (χ1n) is 11.5. The van der Waals surface area contributed by atoms with Gasteiger partial charge in [-0.1, -0.05) is 36.4 Å². The molecule has 0 aromatic heterocycles. The van der Waals surface area contributed by atoms with Gasteiger partial charge in [-0.05, 0) is 49.8 Å². The maximum Gasteiger partial charge on any atom is 0.320 e. The Morgan fingerprint density at radius 1 is 1.18 bits per heavy atom. The largest absolute Gasteiger partial charge is 0.491 e. The number of ether oxygens (including phenoxy) is 1. The van der Waals surface area contributed by atoms with E-state index >= 15 is 4.39 Å². The number of likely N-dealkylation sites (N-methyl/N-ethyl adjacent to an activating group) is 1. The highest BCUT2D eigenvalue weighted by Gasteiger charge is 2.60. The van der Waals surface area contributed by atoms with Crippen molar-refractivity contribution < 1.29 is 18.3 Å². The molecule has 2 aliphatic heterocycles. The Morgan fingerprint density at radius 3 is 2.70 bits per heavy atom. The van der Waals surface area contributed by atoms with Crippen LogP contribution in [0.3, 0.4) is 0 Å². The first-order valence-corrected chi connectivity index (χ1v) is 12.3. The second-order valence-corrected chi connectivity index (χ2v) is 10.5. The summed E-state index contributed by atoms with van der Waals surface area (Å²) in [5, 5.41) is 0. The second-order valence-electron chi connectivity index (χ2n) is 9.35. The van der Waals surface area contributed by atoms with Crippen LogP contribution in [-0.4, -0.2) is 60.2 Å². The van der Waals surface area contributed by atoms with Crippen molar-refractivity contribution in [3.05, 3.63) is 53.8 Å². The van der Waals surface area contributed by atoms with Gasteiger partial charge >= 0.3 is 6.03 Å². The van der Waals surface area contributed by atoms with Crippen LogP contribution >= 0.6 is 11.9 Å². The maximum atomic E-state index is 15.8. The highest BCUT2D eigenvalue weighted by Crippen LogP contribution is 2.56. The molecule has 2 aromatic carbocycles. The summed E-state index contributed by atoms with van der Waals surface area (Å²) in [5.41, 5.74) is 0.594. The summed E-state index contributed by atoms with van der Waals surface area (Å²) < 4.78 is 38.9. The molecular formula is C25H29F2N3O2S. The van der Waals surface area contributed by atoms with E-state index in [-0.39, 0.29) is 29.3 Å². The van der Waals surface area contributed by atoms with Crippen molar-refractivity contribution in [2.24, 2.45) is 5.41 Å². The third kappa shape index (κ3) is 4.19. The standard InChI is InChI=1S/C25H29F2N3O2S/c1-16(26)33-28-23-20-14-17-6-5-8-19(22(17)27)18-7-3-4-9-21(18)32-13-12-29(2)24(31)30(20)15-25(23)10-11-25/h3-9,16,20,23,28H,10-15H2,1-2H3. The number of benzene rings is 2. The number of nitrogens with zero attached hydrogens (tertiary/aromatic N) is 2. The number of halogens is 2. The first-order chi connectivity index (χ1) is 15.9. The van der Waals surface area contributed by atoms with Gasteiger partial charge in [0, 0.05) is 36.2 Å². The molecule has 2 aromatic rings. The quantitative estimate of drug-likeness (QED) is 0.647. The normalized spacial score (nSPS) is 24.8. The highest BCUT2D eigenvalue weighted by atomic mass is 32.2. The minimum absolute atomic E-state index is 0.0721. The lowest BCUT2D eigenvalue weighted by atomic mass is 9.91. The van der Waals surface area contributed by atoms with E-state index in [0.29, 0.717) is 48.6 Å². The van der Waals surface area contributed by atoms with Gasteiger partial charge < -0.3 is 14.5 Å². The van der Waals surface area contributed by atoms with Gasteiger partial charge in [0.25, 0.3) is 0 Å². The van der Waals surface area contributed by atoms with Crippen molar-refractivity contribution in [1.29, 1.82) is 0 Å². The van der Waals surface area contributed by atoms with E-state index < -0.39 is 5.50 Å². The summed E-state index contributed by atoms with van der Waals surface area (Å²) in [6.07, 6.45) is 2.33. The van der Waals surface area contributed by atoms with E-state index in [2.05, 4.69) is 4.72 Å². The highest BCUT2D eigenvalue weighted by molar-refractivity contribution is 7.97. The van der Waals surface area contributed by atoms with Gasteiger partial charge in [0.15, 0.2) is 5.50 Å². The van der Waals surface area contributed by atoms with Crippen molar-refractivity contribution in [2.45, 2.75) is 43.8 Å². The number of hydrogen-bond donors (Lipinski definition) is 1. The Bertz CT molecular complexity index is 1050. The Hall–Kier alpha value is -2.32. The number of rotatable bonds is 3. The zero-order valence-corrected chi connectivity index (χ0v) is 19.7. The molecule has 2 amide bonds. The van der Waals surface area contributed by atoms with Crippen LogP contribution in [0.15, 0.2) is 42.5 Å². The molecule has 0 radical (unpaired) electrons. The Balaban J connectivity index is 1.58. The lowest BCUT2D eigenvalue weighted by Gasteiger charge is -2.32. The van der Waals surface area contributed by atoms with Crippen LogP contribution in [0.1, 0.15) is 25.3 Å². The third-order valence-corrected chi connectivity index (χ3v) is 7.84. The van der Waals surface area contributed by atoms with Gasteiger partial charge in [-0.25, -0.2) is 13.6 Å². The second kappa shape index (κ2) is 8.80. The van der Waals surface area contributed by atoms with Gasteiger partial charge in [0.05, 0.1) is 12.6 Å². The number of para-hydroxylation sites is 1. The van der Waals surface area contributed by atoms with Crippen LogP contribution in [0.5, 0.6) is 5.75 Å². The van der Waals surface area contributed by atoms with E-state index in [1.807, 2.05) is 35.2 Å². The minimum atomic E-state index is -1.07. The smallest absolute Gasteiger partial charge is 0.320 e. The summed E-state index contributed by atoms with van der Waals surface area (Å²) in [4.78, 5) is 17.0. The lowest BCUT2D eigenvalue weighted by molar-refractivity contribution is 0.146. The van der Waals surface area contributed by atoms with Crippen LogP contribution in [0.25, 0.3) is 11.1 Å². The Labute approximate surface area is 197 Å².